The molecule has 1 fully saturated rings. The van der Waals surface area contributed by atoms with Crippen LogP contribution in [0.1, 0.15) is 0 Å². The lowest BCUT2D eigenvalue weighted by Gasteiger charge is -2.19. The van der Waals surface area contributed by atoms with E-state index >= 15 is 0 Å². The Labute approximate surface area is 36.3 Å². The summed E-state index contributed by atoms with van der Waals surface area (Å²) in [6, 6.07) is 0. The molecule has 0 aliphatic carbocycles. The van der Waals surface area contributed by atoms with Gasteiger partial charge < -0.3 is 5.32 Å². The molecular weight excluding hydrogens is 85.5 g/mol. The molecule has 0 spiro atoms. The molecular formula is C3H6ClN. The topological polar surface area (TPSA) is 12.0 Å². The highest BCUT2D eigenvalue weighted by molar-refractivity contribution is 6.21. The minimum atomic E-state index is 0.426. The van der Waals surface area contributed by atoms with Gasteiger partial charge in [0.05, 0.1) is 5.38 Å². The van der Waals surface area contributed by atoms with Gasteiger partial charge in [-0.25, -0.2) is 0 Å². The van der Waals surface area contributed by atoms with Crippen LogP contribution in [0.15, 0.2) is 0 Å². The van der Waals surface area contributed by atoms with Crippen molar-refractivity contribution in [2.75, 3.05) is 13.1 Å². The number of halogens is 1. The van der Waals surface area contributed by atoms with Crippen LogP contribution in [0, 0.1) is 0 Å². The van der Waals surface area contributed by atoms with Crippen molar-refractivity contribution in [3.05, 3.63) is 0 Å². The van der Waals surface area contributed by atoms with E-state index < -0.39 is 0 Å². The van der Waals surface area contributed by atoms with Crippen molar-refractivity contribution < 1.29 is 0 Å². The van der Waals surface area contributed by atoms with Crippen molar-refractivity contribution in [1.82, 2.24) is 5.32 Å². The van der Waals surface area contributed by atoms with Crippen molar-refractivity contribution in [2.45, 2.75) is 5.38 Å². The molecule has 1 N–H and O–H groups in total. The molecule has 30 valence electrons. The molecule has 0 aromatic carbocycles. The molecule has 0 aromatic heterocycles. The molecule has 0 amide bonds. The summed E-state index contributed by atoms with van der Waals surface area (Å²) in [5.41, 5.74) is 0. The molecule has 0 aromatic rings. The Hall–Kier alpha value is 0.250. The molecule has 0 bridgehead atoms. The van der Waals surface area contributed by atoms with E-state index in [9.17, 15) is 0 Å². The Morgan fingerprint density at radius 3 is 2.00 bits per heavy atom. The Morgan fingerprint density at radius 2 is 2.00 bits per heavy atom. The third-order valence-electron chi connectivity index (χ3n) is 0.732. The van der Waals surface area contributed by atoms with Gasteiger partial charge in [-0.3, -0.25) is 0 Å². The van der Waals surface area contributed by atoms with Gasteiger partial charge in [0.15, 0.2) is 0 Å². The Balaban J connectivity index is 2.08. The van der Waals surface area contributed by atoms with Gasteiger partial charge in [0.25, 0.3) is 0 Å². The second kappa shape index (κ2) is 1.15. The van der Waals surface area contributed by atoms with Crippen molar-refractivity contribution in [2.24, 2.45) is 0 Å². The van der Waals surface area contributed by atoms with Crippen LogP contribution in [0.4, 0.5) is 0 Å². The normalized spacial score (nSPS) is 25.8. The maximum absolute atomic E-state index is 5.49. The van der Waals surface area contributed by atoms with Gasteiger partial charge in [0.1, 0.15) is 0 Å². The zero-order valence-electron chi connectivity index (χ0n) is 2.87. The van der Waals surface area contributed by atoms with Crippen LogP contribution in [0.5, 0.6) is 0 Å². The van der Waals surface area contributed by atoms with Crippen LogP contribution >= 0.6 is 11.6 Å². The SMILES string of the molecule is ClC1CNC1. The standard InChI is InChI=1S/C3H6ClN/c4-3-1-5-2-3/h3,5H,1-2H2. The van der Waals surface area contributed by atoms with Crippen molar-refractivity contribution in [3.8, 4) is 0 Å². The molecule has 1 saturated heterocycles. The van der Waals surface area contributed by atoms with Crippen molar-refractivity contribution in [1.29, 1.82) is 0 Å². The summed E-state index contributed by atoms with van der Waals surface area (Å²) in [5.74, 6) is 0. The molecule has 0 unspecified atom stereocenters. The smallest absolute Gasteiger partial charge is 0.0585 e. The maximum atomic E-state index is 5.49. The summed E-state index contributed by atoms with van der Waals surface area (Å²) in [6.45, 7) is 2.00. The van der Waals surface area contributed by atoms with Gasteiger partial charge in [-0.15, -0.1) is 11.6 Å². The lowest BCUT2D eigenvalue weighted by molar-refractivity contribution is 0.536. The quantitative estimate of drug-likeness (QED) is 0.420. The van der Waals surface area contributed by atoms with E-state index in [2.05, 4.69) is 5.32 Å². The predicted octanol–water partition coefficient (Wildman–Crippen LogP) is 0.197. The van der Waals surface area contributed by atoms with Crippen LogP contribution in [-0.4, -0.2) is 18.5 Å². The Kier molecular flexibility index (Phi) is 0.791. The molecule has 1 heterocycles. The monoisotopic (exact) mass is 91.0 g/mol. The second-order valence-electron chi connectivity index (χ2n) is 1.26. The molecule has 0 radical (unpaired) electrons. The van der Waals surface area contributed by atoms with Gasteiger partial charge >= 0.3 is 0 Å². The van der Waals surface area contributed by atoms with Crippen LogP contribution < -0.4 is 5.32 Å². The van der Waals surface area contributed by atoms with Gasteiger partial charge in [0.2, 0.25) is 0 Å². The molecule has 2 heteroatoms. The van der Waals surface area contributed by atoms with Gasteiger partial charge in [-0.05, 0) is 0 Å². The average molecular weight is 91.5 g/mol. The fourth-order valence-electron chi connectivity index (χ4n) is 0.253. The Bertz CT molecular complexity index is 33.9. The van der Waals surface area contributed by atoms with Gasteiger partial charge in [-0.2, -0.15) is 0 Å². The van der Waals surface area contributed by atoms with Crippen LogP contribution in [0.2, 0.25) is 0 Å². The first-order valence-electron chi connectivity index (χ1n) is 1.74. The van der Waals surface area contributed by atoms with E-state index in [0.717, 1.165) is 13.1 Å². The minimum Gasteiger partial charge on any atom is -0.314 e. The van der Waals surface area contributed by atoms with E-state index in [1.807, 2.05) is 0 Å². The minimum absolute atomic E-state index is 0.426. The Morgan fingerprint density at radius 1 is 1.60 bits per heavy atom. The molecule has 5 heavy (non-hydrogen) atoms. The summed E-state index contributed by atoms with van der Waals surface area (Å²) in [4.78, 5) is 0. The van der Waals surface area contributed by atoms with Crippen LogP contribution in [0.3, 0.4) is 0 Å². The van der Waals surface area contributed by atoms with Crippen LogP contribution in [-0.2, 0) is 0 Å². The number of alkyl halides is 1. The first-order chi connectivity index (χ1) is 2.39. The van der Waals surface area contributed by atoms with Crippen molar-refractivity contribution in [3.63, 3.8) is 0 Å². The molecule has 1 aliphatic rings. The first kappa shape index (κ1) is 3.44. The summed E-state index contributed by atoms with van der Waals surface area (Å²) >= 11 is 5.49. The lowest BCUT2D eigenvalue weighted by Crippen LogP contribution is -2.42. The third kappa shape index (κ3) is 0.551. The maximum Gasteiger partial charge on any atom is 0.0585 e. The zero-order chi connectivity index (χ0) is 3.70. The number of hydrogen-bond donors (Lipinski definition) is 1. The lowest BCUT2D eigenvalue weighted by atomic mass is 10.3. The van der Waals surface area contributed by atoms with Crippen molar-refractivity contribution >= 4 is 11.6 Å². The second-order valence-corrected chi connectivity index (χ2v) is 1.87. The molecule has 0 saturated carbocycles. The highest BCUT2D eigenvalue weighted by atomic mass is 35.5. The fourth-order valence-corrected chi connectivity index (χ4v) is 0.472. The zero-order valence-corrected chi connectivity index (χ0v) is 3.63. The number of hydrogen-bond acceptors (Lipinski definition) is 1. The summed E-state index contributed by atoms with van der Waals surface area (Å²) in [5, 5.41) is 3.45. The fraction of sp³-hybridized carbons (Fsp3) is 1.00. The average Bonchev–Trinajstić information content (AvgIpc) is 1.30. The number of rotatable bonds is 0. The largest absolute Gasteiger partial charge is 0.314 e. The third-order valence-corrected chi connectivity index (χ3v) is 1.04. The molecule has 0 atom stereocenters. The van der Waals surface area contributed by atoms with Gasteiger partial charge in [-0.1, -0.05) is 0 Å². The number of nitrogens with one attached hydrogen (secondary N) is 1. The van der Waals surface area contributed by atoms with E-state index in [4.69, 9.17) is 11.6 Å². The van der Waals surface area contributed by atoms with Gasteiger partial charge in [0, 0.05) is 13.1 Å². The highest BCUT2D eigenvalue weighted by Gasteiger charge is 2.10. The first-order valence-corrected chi connectivity index (χ1v) is 2.18. The van der Waals surface area contributed by atoms with Crippen LogP contribution in [0.25, 0.3) is 0 Å². The molecule has 1 rings (SSSR count). The molecule has 1 aliphatic heterocycles. The van der Waals surface area contributed by atoms with E-state index in [0.29, 0.717) is 5.38 Å². The van der Waals surface area contributed by atoms with E-state index in [1.165, 1.54) is 0 Å². The summed E-state index contributed by atoms with van der Waals surface area (Å²) < 4.78 is 0. The molecule has 1 nitrogen and oxygen atoms in total. The van der Waals surface area contributed by atoms with E-state index in [1.54, 1.807) is 0 Å². The highest BCUT2D eigenvalue weighted by Crippen LogP contribution is 1.97. The summed E-state index contributed by atoms with van der Waals surface area (Å²) in [6.07, 6.45) is 0. The predicted molar refractivity (Wildman–Crippen MR) is 22.5 cm³/mol. The van der Waals surface area contributed by atoms with E-state index in [-0.39, 0.29) is 0 Å². The summed E-state index contributed by atoms with van der Waals surface area (Å²) in [7, 11) is 0.